The molecular weight excluding hydrogens is 510 g/mol. The first-order valence-electron chi connectivity index (χ1n) is 14.8. The van der Waals surface area contributed by atoms with Crippen LogP contribution in [-0.2, 0) is 5.41 Å². The summed E-state index contributed by atoms with van der Waals surface area (Å²) in [5, 5.41) is 2.47. The lowest BCUT2D eigenvalue weighted by atomic mass is 9.56. The third-order valence-electron chi connectivity index (χ3n) is 9.70. The van der Waals surface area contributed by atoms with Gasteiger partial charge in [0, 0.05) is 23.7 Å². The molecule has 5 aromatic carbocycles. The second-order valence-electron chi connectivity index (χ2n) is 12.3. The molecule has 0 radical (unpaired) electrons. The van der Waals surface area contributed by atoms with Gasteiger partial charge in [-0.2, -0.15) is 0 Å². The Labute approximate surface area is 248 Å². The lowest BCUT2D eigenvalue weighted by Gasteiger charge is -2.52. The Hall–Kier alpha value is -4.69. The van der Waals surface area contributed by atoms with E-state index in [1.54, 1.807) is 0 Å². The number of likely N-dealkylation sites (N-methyl/N-ethyl adjacent to an activating group) is 1. The van der Waals surface area contributed by atoms with Crippen LogP contribution in [0.5, 0.6) is 0 Å². The quantitative estimate of drug-likeness (QED) is 0.210. The number of rotatable bonds is 4. The molecular formula is C40H35NO. The van der Waals surface area contributed by atoms with Crippen molar-refractivity contribution >= 4 is 33.4 Å². The summed E-state index contributed by atoms with van der Waals surface area (Å²) >= 11 is 0. The normalized spacial score (nSPS) is 20.8. The maximum Gasteiger partial charge on any atom is 0.173 e. The number of anilines is 1. The smallest absolute Gasteiger partial charge is 0.173 e. The van der Waals surface area contributed by atoms with Crippen LogP contribution < -0.4 is 4.90 Å². The van der Waals surface area contributed by atoms with Crippen molar-refractivity contribution in [2.75, 3.05) is 11.9 Å². The van der Waals surface area contributed by atoms with Gasteiger partial charge in [0.15, 0.2) is 5.78 Å². The lowest BCUT2D eigenvalue weighted by molar-refractivity contribution is 0.0886. The topological polar surface area (TPSA) is 20.3 Å². The number of fused-ring (bicyclic) bond motifs is 3. The van der Waals surface area contributed by atoms with Crippen molar-refractivity contribution < 1.29 is 4.79 Å². The molecule has 2 nitrogen and oxygen atoms in total. The second-order valence-corrected chi connectivity index (χ2v) is 12.3. The minimum atomic E-state index is -0.674. The molecule has 2 aliphatic rings. The number of allylic oxidation sites excluding steroid dienone is 2. The number of nitrogens with zero attached hydrogens (tertiary/aromatic N) is 1. The standard InChI is InChI=1S/C40H35NO/c1-27-19-21-30(22-20-27)34-25-32(28-13-7-5-8-14-28)26-40(37(34)38(42)31-16-9-6-10-17-31)39(2,3)36-33-18-12-11-15-29(33)23-24-35(36)41(40)4/h5-26,37H,1-4H3/t37-,40-/m0/s1. The van der Waals surface area contributed by atoms with Gasteiger partial charge in [0.2, 0.25) is 0 Å². The monoisotopic (exact) mass is 545 g/mol. The Morgan fingerprint density at radius 2 is 1.36 bits per heavy atom. The molecule has 1 heterocycles. The molecule has 0 aromatic heterocycles. The molecule has 5 aromatic rings. The number of carbonyl (C=O) groups is 1. The molecule has 0 unspecified atom stereocenters. The number of aryl methyl sites for hydroxylation is 1. The van der Waals surface area contributed by atoms with E-state index in [9.17, 15) is 0 Å². The van der Waals surface area contributed by atoms with Crippen LogP contribution in [-0.4, -0.2) is 18.4 Å². The van der Waals surface area contributed by atoms with Gasteiger partial charge in [0.25, 0.3) is 0 Å². The predicted octanol–water partition coefficient (Wildman–Crippen LogP) is 9.29. The van der Waals surface area contributed by atoms with E-state index >= 15 is 4.79 Å². The van der Waals surface area contributed by atoms with Crippen molar-refractivity contribution in [3.63, 3.8) is 0 Å². The summed E-state index contributed by atoms with van der Waals surface area (Å²) in [4.78, 5) is 17.4. The lowest BCUT2D eigenvalue weighted by Crippen LogP contribution is -2.61. The fourth-order valence-electron chi connectivity index (χ4n) is 7.60. The zero-order chi connectivity index (χ0) is 29.1. The van der Waals surface area contributed by atoms with E-state index in [2.05, 4.69) is 136 Å². The Morgan fingerprint density at radius 3 is 2.07 bits per heavy atom. The van der Waals surface area contributed by atoms with Gasteiger partial charge in [-0.3, -0.25) is 4.79 Å². The van der Waals surface area contributed by atoms with E-state index in [1.165, 1.54) is 27.6 Å². The third kappa shape index (κ3) is 3.75. The number of carbonyl (C=O) groups excluding carboxylic acids is 1. The van der Waals surface area contributed by atoms with Gasteiger partial charge in [-0.25, -0.2) is 0 Å². The average Bonchev–Trinajstić information content (AvgIpc) is 3.19. The number of hydrogen-bond donors (Lipinski definition) is 0. The summed E-state index contributed by atoms with van der Waals surface area (Å²) in [7, 11) is 2.19. The summed E-state index contributed by atoms with van der Waals surface area (Å²) in [6, 6.07) is 42.2. The molecule has 7 rings (SSSR count). The van der Waals surface area contributed by atoms with Gasteiger partial charge >= 0.3 is 0 Å². The second kappa shape index (κ2) is 9.70. The van der Waals surface area contributed by atoms with Crippen molar-refractivity contribution in [3.8, 4) is 0 Å². The molecule has 1 aliphatic carbocycles. The highest BCUT2D eigenvalue weighted by molar-refractivity contribution is 6.11. The summed E-state index contributed by atoms with van der Waals surface area (Å²) in [6.45, 7) is 6.78. The summed E-state index contributed by atoms with van der Waals surface area (Å²) in [6.07, 6.45) is 4.67. The van der Waals surface area contributed by atoms with Crippen LogP contribution in [0.1, 0.15) is 46.5 Å². The first kappa shape index (κ1) is 26.2. The van der Waals surface area contributed by atoms with E-state index < -0.39 is 16.9 Å². The predicted molar refractivity (Wildman–Crippen MR) is 176 cm³/mol. The van der Waals surface area contributed by atoms with Gasteiger partial charge < -0.3 is 4.90 Å². The molecule has 1 spiro atoms. The van der Waals surface area contributed by atoms with E-state index in [-0.39, 0.29) is 5.78 Å². The SMILES string of the molecule is Cc1ccc(C2=CC(c3ccccc3)=C[C@@]3([C@@H]2C(=O)c2ccccc2)N(C)c2ccc4ccccc4c2C3(C)C)cc1. The average molecular weight is 546 g/mol. The van der Waals surface area contributed by atoms with Crippen molar-refractivity contribution in [1.29, 1.82) is 0 Å². The van der Waals surface area contributed by atoms with Crippen molar-refractivity contribution in [2.24, 2.45) is 5.92 Å². The fraction of sp³-hybridized carbons (Fsp3) is 0.175. The van der Waals surface area contributed by atoms with Crippen LogP contribution in [0, 0.1) is 12.8 Å². The zero-order valence-electron chi connectivity index (χ0n) is 24.6. The molecule has 0 saturated carbocycles. The fourth-order valence-corrected chi connectivity index (χ4v) is 7.60. The zero-order valence-corrected chi connectivity index (χ0v) is 24.6. The summed E-state index contributed by atoms with van der Waals surface area (Å²) < 4.78 is 0. The Kier molecular flexibility index (Phi) is 6.06. The number of hydrogen-bond acceptors (Lipinski definition) is 2. The van der Waals surface area contributed by atoms with Gasteiger partial charge in [0.1, 0.15) is 0 Å². The van der Waals surface area contributed by atoms with Gasteiger partial charge in [-0.05, 0) is 63.8 Å². The van der Waals surface area contributed by atoms with Crippen molar-refractivity contribution in [2.45, 2.75) is 31.7 Å². The van der Waals surface area contributed by atoms with Crippen LogP contribution >= 0.6 is 0 Å². The third-order valence-corrected chi connectivity index (χ3v) is 9.70. The molecule has 2 atom stereocenters. The Balaban J connectivity index is 1.58. The van der Waals surface area contributed by atoms with Gasteiger partial charge in [-0.1, -0.05) is 135 Å². The maximum atomic E-state index is 15.0. The minimum absolute atomic E-state index is 0.142. The Bertz CT molecular complexity index is 1880. The maximum absolute atomic E-state index is 15.0. The molecule has 0 saturated heterocycles. The van der Waals surface area contributed by atoms with Gasteiger partial charge in [-0.15, -0.1) is 0 Å². The van der Waals surface area contributed by atoms with Crippen LogP contribution in [0.4, 0.5) is 5.69 Å². The highest BCUT2D eigenvalue weighted by atomic mass is 16.1. The van der Waals surface area contributed by atoms with E-state index in [4.69, 9.17) is 0 Å². The van der Waals surface area contributed by atoms with Crippen LogP contribution in [0.25, 0.3) is 21.9 Å². The molecule has 0 amide bonds. The largest absolute Gasteiger partial charge is 0.363 e. The Morgan fingerprint density at radius 1 is 0.714 bits per heavy atom. The number of ketones is 1. The van der Waals surface area contributed by atoms with Gasteiger partial charge in [0.05, 0.1) is 11.5 Å². The van der Waals surface area contributed by atoms with Crippen molar-refractivity contribution in [1.82, 2.24) is 0 Å². The van der Waals surface area contributed by atoms with E-state index in [0.717, 1.165) is 27.8 Å². The van der Waals surface area contributed by atoms with Crippen LogP contribution in [0.15, 0.2) is 133 Å². The minimum Gasteiger partial charge on any atom is -0.363 e. The highest BCUT2D eigenvalue weighted by Gasteiger charge is 2.62. The first-order chi connectivity index (χ1) is 20.3. The van der Waals surface area contributed by atoms with Crippen LogP contribution in [0.3, 0.4) is 0 Å². The van der Waals surface area contributed by atoms with Crippen molar-refractivity contribution in [3.05, 3.63) is 161 Å². The molecule has 206 valence electrons. The highest BCUT2D eigenvalue weighted by Crippen LogP contribution is 2.61. The first-order valence-corrected chi connectivity index (χ1v) is 14.8. The number of Topliss-reactive ketones (excluding diaryl/α,β-unsaturated/α-hetero) is 1. The summed E-state index contributed by atoms with van der Waals surface area (Å²) in [5.74, 6) is -0.302. The molecule has 0 N–H and O–H groups in total. The molecule has 0 fully saturated rings. The molecule has 1 aliphatic heterocycles. The molecule has 0 bridgehead atoms. The molecule has 2 heteroatoms. The van der Waals surface area contributed by atoms with E-state index in [0.29, 0.717) is 0 Å². The summed E-state index contributed by atoms with van der Waals surface area (Å²) in [5.41, 5.74) is 7.75. The number of benzene rings is 5. The molecule has 42 heavy (non-hydrogen) atoms. The van der Waals surface area contributed by atoms with E-state index in [1.807, 2.05) is 30.3 Å². The van der Waals surface area contributed by atoms with Crippen LogP contribution in [0.2, 0.25) is 0 Å².